The Kier molecular flexibility index (Phi) is 7.79. The van der Waals surface area contributed by atoms with Gasteiger partial charge in [-0.05, 0) is 32.4 Å². The number of fused-ring (bicyclic) bond motifs is 1. The quantitative estimate of drug-likeness (QED) is 0.366. The van der Waals surface area contributed by atoms with Crippen LogP contribution in [0, 0.1) is 6.92 Å². The van der Waals surface area contributed by atoms with Gasteiger partial charge in [-0.2, -0.15) is 0 Å². The van der Waals surface area contributed by atoms with Crippen molar-refractivity contribution in [3.8, 4) is 0 Å². The number of carbonyl (C=O) groups excluding carboxylic acids is 4. The van der Waals surface area contributed by atoms with Gasteiger partial charge in [-0.25, -0.2) is 14.4 Å². The number of anilines is 1. The summed E-state index contributed by atoms with van der Waals surface area (Å²) in [6.07, 6.45) is 0. The highest BCUT2D eigenvalue weighted by atomic mass is 32.1. The summed E-state index contributed by atoms with van der Waals surface area (Å²) in [7, 11) is 0. The molecule has 1 amide bonds. The molecule has 0 bridgehead atoms. The van der Waals surface area contributed by atoms with Crippen LogP contribution in [0.4, 0.5) is 5.00 Å². The molecule has 0 spiro atoms. The number of hydrogen-bond donors (Lipinski definition) is 2. The zero-order valence-corrected chi connectivity index (χ0v) is 19.5. The van der Waals surface area contributed by atoms with E-state index in [1.54, 1.807) is 45.0 Å². The molecule has 3 aromatic rings. The van der Waals surface area contributed by atoms with E-state index >= 15 is 0 Å². The molecule has 3 rings (SSSR count). The van der Waals surface area contributed by atoms with Crippen molar-refractivity contribution >= 4 is 51.1 Å². The van der Waals surface area contributed by atoms with E-state index in [1.807, 2.05) is 0 Å². The Balaban J connectivity index is 1.79. The summed E-state index contributed by atoms with van der Waals surface area (Å²) in [4.78, 5) is 64.3. The van der Waals surface area contributed by atoms with E-state index in [0.29, 0.717) is 16.5 Å². The Labute approximate surface area is 197 Å². The summed E-state index contributed by atoms with van der Waals surface area (Å²) < 4.78 is 15.1. The summed E-state index contributed by atoms with van der Waals surface area (Å²) in [6.45, 7) is 4.37. The molecule has 0 saturated heterocycles. The molecule has 10 nitrogen and oxygen atoms in total. The van der Waals surface area contributed by atoms with Crippen LogP contribution in [-0.4, -0.2) is 48.6 Å². The Bertz CT molecular complexity index is 1320. The fourth-order valence-corrected chi connectivity index (χ4v) is 4.29. The highest BCUT2D eigenvalue weighted by molar-refractivity contribution is 7.18. The molecule has 2 N–H and O–H groups in total. The molecule has 178 valence electrons. The van der Waals surface area contributed by atoms with E-state index in [1.165, 1.54) is 0 Å². The molecular weight excluding hydrogens is 464 g/mol. The lowest BCUT2D eigenvalue weighted by atomic mass is 10.1. The van der Waals surface area contributed by atoms with Crippen LogP contribution in [0.15, 0.2) is 35.1 Å². The lowest BCUT2D eigenvalue weighted by molar-refractivity contribution is -0.119. The van der Waals surface area contributed by atoms with Crippen molar-refractivity contribution < 1.29 is 33.4 Å². The van der Waals surface area contributed by atoms with Crippen molar-refractivity contribution in [3.05, 3.63) is 62.3 Å². The number of para-hydroxylation sites is 1. The molecule has 0 aliphatic carbocycles. The van der Waals surface area contributed by atoms with Gasteiger partial charge < -0.3 is 24.5 Å². The van der Waals surface area contributed by atoms with Crippen LogP contribution in [0.3, 0.4) is 0 Å². The van der Waals surface area contributed by atoms with Crippen LogP contribution in [0.5, 0.6) is 0 Å². The number of aromatic amines is 1. The summed E-state index contributed by atoms with van der Waals surface area (Å²) in [5, 5.41) is 3.02. The van der Waals surface area contributed by atoms with E-state index in [9.17, 15) is 24.0 Å². The SMILES string of the molecule is CCOC(=O)c1sc(NC(=O)COC(=O)c2cc(=O)[nH]c3ccccc23)c(C(=O)OCC)c1C. The minimum atomic E-state index is -0.863. The normalized spacial score (nSPS) is 10.6. The van der Waals surface area contributed by atoms with Gasteiger partial charge >= 0.3 is 17.9 Å². The molecular formula is C23H22N2O8S. The van der Waals surface area contributed by atoms with Gasteiger partial charge in [-0.1, -0.05) is 18.2 Å². The standard InChI is InChI=1S/C23H22N2O8S/c1-4-31-22(29)18-12(3)19(23(30)32-5-2)34-20(18)25-17(27)11-33-21(28)14-10-16(26)24-15-9-7-6-8-13(14)15/h6-10H,4-5,11H2,1-3H3,(H,24,26)(H,25,27). The van der Waals surface area contributed by atoms with Crippen molar-refractivity contribution in [3.63, 3.8) is 0 Å². The monoisotopic (exact) mass is 486 g/mol. The Morgan fingerprint density at radius 1 is 0.971 bits per heavy atom. The number of pyridine rings is 1. The second-order valence-electron chi connectivity index (χ2n) is 6.92. The topological polar surface area (TPSA) is 141 Å². The molecule has 2 heterocycles. The van der Waals surface area contributed by atoms with Crippen LogP contribution in [0.25, 0.3) is 10.9 Å². The average molecular weight is 487 g/mol. The number of rotatable bonds is 8. The fraction of sp³-hybridized carbons (Fsp3) is 0.261. The summed E-state index contributed by atoms with van der Waals surface area (Å²) in [5.41, 5.74) is 0.302. The fourth-order valence-electron chi connectivity index (χ4n) is 3.19. The molecule has 0 aliphatic heterocycles. The van der Waals surface area contributed by atoms with Crippen LogP contribution in [-0.2, 0) is 19.0 Å². The van der Waals surface area contributed by atoms with Crippen molar-refractivity contribution in [2.24, 2.45) is 0 Å². The van der Waals surface area contributed by atoms with Crippen LogP contribution < -0.4 is 10.9 Å². The van der Waals surface area contributed by atoms with E-state index in [-0.39, 0.29) is 34.2 Å². The van der Waals surface area contributed by atoms with E-state index < -0.39 is 36.0 Å². The molecule has 0 unspecified atom stereocenters. The maximum atomic E-state index is 12.6. The van der Waals surface area contributed by atoms with Crippen molar-refractivity contribution in [2.45, 2.75) is 20.8 Å². The predicted molar refractivity (Wildman–Crippen MR) is 124 cm³/mol. The number of carbonyl (C=O) groups is 4. The number of amides is 1. The average Bonchev–Trinajstić information content (AvgIpc) is 3.12. The van der Waals surface area contributed by atoms with Gasteiger partial charge in [0.05, 0.1) is 24.3 Å². The van der Waals surface area contributed by atoms with E-state index in [0.717, 1.165) is 17.4 Å². The highest BCUT2D eigenvalue weighted by Gasteiger charge is 2.27. The molecule has 34 heavy (non-hydrogen) atoms. The molecule has 1 aromatic carbocycles. The Morgan fingerprint density at radius 3 is 2.35 bits per heavy atom. The minimum absolute atomic E-state index is 0.0101. The molecule has 0 radical (unpaired) electrons. The first-order chi connectivity index (χ1) is 16.3. The predicted octanol–water partition coefficient (Wildman–Crippen LogP) is 3.05. The maximum absolute atomic E-state index is 12.6. The summed E-state index contributed by atoms with van der Waals surface area (Å²) in [5.74, 6) is -2.96. The van der Waals surface area contributed by atoms with Crippen LogP contribution in [0.1, 0.15) is 49.8 Å². The molecule has 2 aromatic heterocycles. The number of ether oxygens (including phenoxy) is 3. The third-order valence-electron chi connectivity index (χ3n) is 4.64. The second-order valence-corrected chi connectivity index (χ2v) is 7.94. The highest BCUT2D eigenvalue weighted by Crippen LogP contribution is 2.34. The van der Waals surface area contributed by atoms with Gasteiger partial charge in [0.1, 0.15) is 9.88 Å². The van der Waals surface area contributed by atoms with Gasteiger partial charge in [-0.3, -0.25) is 9.59 Å². The first kappa shape index (κ1) is 24.6. The van der Waals surface area contributed by atoms with Gasteiger partial charge in [0.2, 0.25) is 5.56 Å². The number of H-pyrrole nitrogens is 1. The number of nitrogens with one attached hydrogen (secondary N) is 2. The summed E-state index contributed by atoms with van der Waals surface area (Å²) >= 11 is 0.858. The Morgan fingerprint density at radius 2 is 1.65 bits per heavy atom. The van der Waals surface area contributed by atoms with Crippen molar-refractivity contribution in [2.75, 3.05) is 25.1 Å². The van der Waals surface area contributed by atoms with Gasteiger partial charge in [0.25, 0.3) is 5.91 Å². The molecule has 0 fully saturated rings. The smallest absolute Gasteiger partial charge is 0.348 e. The lowest BCUT2D eigenvalue weighted by Gasteiger charge is -2.09. The van der Waals surface area contributed by atoms with Gasteiger partial charge in [0.15, 0.2) is 6.61 Å². The molecule has 0 atom stereocenters. The van der Waals surface area contributed by atoms with Crippen molar-refractivity contribution in [1.29, 1.82) is 0 Å². The minimum Gasteiger partial charge on any atom is -0.462 e. The first-order valence-electron chi connectivity index (χ1n) is 10.3. The van der Waals surface area contributed by atoms with Gasteiger partial charge in [-0.15, -0.1) is 11.3 Å². The molecule has 11 heteroatoms. The van der Waals surface area contributed by atoms with Gasteiger partial charge in [0, 0.05) is 17.0 Å². The number of benzene rings is 1. The van der Waals surface area contributed by atoms with E-state index in [4.69, 9.17) is 14.2 Å². The molecule has 0 aliphatic rings. The Hall–Kier alpha value is -3.99. The molecule has 0 saturated carbocycles. The van der Waals surface area contributed by atoms with Crippen LogP contribution in [0.2, 0.25) is 0 Å². The maximum Gasteiger partial charge on any atom is 0.348 e. The second kappa shape index (κ2) is 10.8. The number of thiophene rings is 1. The number of aromatic nitrogens is 1. The zero-order valence-electron chi connectivity index (χ0n) is 18.7. The summed E-state index contributed by atoms with van der Waals surface area (Å²) in [6, 6.07) is 7.77. The van der Waals surface area contributed by atoms with E-state index in [2.05, 4.69) is 10.3 Å². The van der Waals surface area contributed by atoms with Crippen LogP contribution >= 0.6 is 11.3 Å². The third-order valence-corrected chi connectivity index (χ3v) is 5.83. The third kappa shape index (κ3) is 5.31. The first-order valence-corrected chi connectivity index (χ1v) is 11.1. The number of hydrogen-bond acceptors (Lipinski definition) is 9. The lowest BCUT2D eigenvalue weighted by Crippen LogP contribution is -2.22. The van der Waals surface area contributed by atoms with Crippen molar-refractivity contribution in [1.82, 2.24) is 4.98 Å². The number of esters is 3. The zero-order chi connectivity index (χ0) is 24.8. The largest absolute Gasteiger partial charge is 0.462 e.